The van der Waals surface area contributed by atoms with Gasteiger partial charge in [0, 0.05) is 50.9 Å². The van der Waals surface area contributed by atoms with Crippen molar-refractivity contribution in [2.45, 2.75) is 37.7 Å². The number of carbonyl (C=O) groups is 2. The SMILES string of the molecule is CC(=O)N1N=C(c2ccc(N3C(=O)CSC34CC(C)=NN4c3ccccc3)cc2)CC1c1ccc(N(C)C)cc1. The second-order valence-corrected chi connectivity index (χ2v) is 11.8. The Balaban J connectivity index is 1.28. The second-order valence-electron chi connectivity index (χ2n) is 10.6. The van der Waals surface area contributed by atoms with Gasteiger partial charge < -0.3 is 4.90 Å². The molecule has 2 amide bonds. The van der Waals surface area contributed by atoms with Crippen molar-refractivity contribution in [2.75, 3.05) is 34.7 Å². The van der Waals surface area contributed by atoms with Crippen molar-refractivity contribution in [2.24, 2.45) is 10.2 Å². The number of hydrogen-bond acceptors (Lipinski definition) is 7. The van der Waals surface area contributed by atoms with Gasteiger partial charge in [0.05, 0.1) is 23.2 Å². The largest absolute Gasteiger partial charge is 0.378 e. The molecule has 204 valence electrons. The Morgan fingerprint density at radius 1 is 0.950 bits per heavy atom. The van der Waals surface area contributed by atoms with Crippen molar-refractivity contribution in [1.82, 2.24) is 5.01 Å². The van der Waals surface area contributed by atoms with Crippen molar-refractivity contribution in [3.05, 3.63) is 90.0 Å². The summed E-state index contributed by atoms with van der Waals surface area (Å²) in [6.07, 6.45) is 1.28. The van der Waals surface area contributed by atoms with Gasteiger partial charge in [0.15, 0.2) is 4.99 Å². The molecule has 40 heavy (non-hydrogen) atoms. The Kier molecular flexibility index (Phi) is 6.62. The number of nitrogens with zero attached hydrogens (tertiary/aromatic N) is 6. The van der Waals surface area contributed by atoms with Gasteiger partial charge in [-0.05, 0) is 54.4 Å². The first-order valence-electron chi connectivity index (χ1n) is 13.4. The van der Waals surface area contributed by atoms with E-state index in [1.165, 1.54) is 0 Å². The first-order chi connectivity index (χ1) is 19.3. The van der Waals surface area contributed by atoms with E-state index in [1.54, 1.807) is 23.7 Å². The third-order valence-corrected chi connectivity index (χ3v) is 8.95. The maximum absolute atomic E-state index is 13.3. The predicted octanol–water partition coefficient (Wildman–Crippen LogP) is 5.47. The standard InChI is InChI=1S/C31H32N6O2S/c1-21-19-31(37(32-21)27-8-6-5-7-9-27)35(30(39)20-40-31)26-16-10-23(11-17-26)28-18-29(36(33-28)22(2)38)24-12-14-25(15-13-24)34(3)4/h5-17,29H,18-20H2,1-4H3. The van der Waals surface area contributed by atoms with Crippen LogP contribution in [0, 0.1) is 0 Å². The molecule has 0 radical (unpaired) electrons. The van der Waals surface area contributed by atoms with E-state index in [1.807, 2.05) is 85.5 Å². The van der Waals surface area contributed by atoms with Crippen molar-refractivity contribution in [1.29, 1.82) is 0 Å². The van der Waals surface area contributed by atoms with Crippen LogP contribution in [-0.2, 0) is 9.59 Å². The number of anilines is 3. The van der Waals surface area contributed by atoms with E-state index >= 15 is 0 Å². The molecule has 2 atom stereocenters. The summed E-state index contributed by atoms with van der Waals surface area (Å²) in [4.78, 5) is 29.1. The number of para-hydroxylation sites is 1. The third kappa shape index (κ3) is 4.44. The van der Waals surface area contributed by atoms with Crippen LogP contribution in [0.4, 0.5) is 17.1 Å². The summed E-state index contributed by atoms with van der Waals surface area (Å²) in [6, 6.07) is 26.1. The van der Waals surface area contributed by atoms with Gasteiger partial charge in [0.2, 0.25) is 11.8 Å². The van der Waals surface area contributed by atoms with Crippen molar-refractivity contribution >= 4 is 52.1 Å². The van der Waals surface area contributed by atoms with Crippen LogP contribution >= 0.6 is 11.8 Å². The molecule has 0 aromatic heterocycles. The molecule has 0 N–H and O–H groups in total. The quantitative estimate of drug-likeness (QED) is 0.420. The highest BCUT2D eigenvalue weighted by molar-refractivity contribution is 8.02. The van der Waals surface area contributed by atoms with Crippen LogP contribution in [0.1, 0.15) is 43.9 Å². The molecule has 1 saturated heterocycles. The van der Waals surface area contributed by atoms with Crippen LogP contribution in [0.5, 0.6) is 0 Å². The zero-order valence-corrected chi connectivity index (χ0v) is 23.9. The number of hydrogen-bond donors (Lipinski definition) is 0. The minimum absolute atomic E-state index is 0.0609. The maximum Gasteiger partial charge on any atom is 0.240 e. The predicted molar refractivity (Wildman–Crippen MR) is 163 cm³/mol. The van der Waals surface area contributed by atoms with E-state index in [4.69, 9.17) is 10.2 Å². The average Bonchev–Trinajstić information content (AvgIpc) is 3.64. The minimum atomic E-state index is -0.635. The topological polar surface area (TPSA) is 71.8 Å². The summed E-state index contributed by atoms with van der Waals surface area (Å²) in [5.41, 5.74) is 6.71. The normalized spacial score (nSPS) is 22.2. The average molecular weight is 553 g/mol. The molecule has 8 nitrogen and oxygen atoms in total. The molecule has 3 aliphatic rings. The van der Waals surface area contributed by atoms with Crippen LogP contribution in [0.2, 0.25) is 0 Å². The zero-order chi connectivity index (χ0) is 28.0. The highest BCUT2D eigenvalue weighted by atomic mass is 32.2. The number of thioether (sulfide) groups is 1. The van der Waals surface area contributed by atoms with E-state index in [-0.39, 0.29) is 17.9 Å². The molecule has 1 spiro atoms. The van der Waals surface area contributed by atoms with Gasteiger partial charge in [-0.2, -0.15) is 10.2 Å². The molecule has 0 bridgehead atoms. The molecule has 3 aromatic carbocycles. The minimum Gasteiger partial charge on any atom is -0.378 e. The molecule has 3 aliphatic heterocycles. The molecule has 3 heterocycles. The fourth-order valence-electron chi connectivity index (χ4n) is 5.69. The summed E-state index contributed by atoms with van der Waals surface area (Å²) in [7, 11) is 4.02. The van der Waals surface area contributed by atoms with Crippen molar-refractivity contribution in [3.8, 4) is 0 Å². The highest BCUT2D eigenvalue weighted by Crippen LogP contribution is 2.50. The number of rotatable bonds is 5. The lowest BCUT2D eigenvalue weighted by molar-refractivity contribution is -0.130. The Labute approximate surface area is 238 Å². The lowest BCUT2D eigenvalue weighted by Gasteiger charge is -2.40. The monoisotopic (exact) mass is 552 g/mol. The van der Waals surface area contributed by atoms with Gasteiger partial charge >= 0.3 is 0 Å². The Morgan fingerprint density at radius 2 is 1.65 bits per heavy atom. The maximum atomic E-state index is 13.3. The van der Waals surface area contributed by atoms with Gasteiger partial charge in [0.1, 0.15) is 0 Å². The first-order valence-corrected chi connectivity index (χ1v) is 14.4. The molecule has 0 aliphatic carbocycles. The van der Waals surface area contributed by atoms with E-state index in [0.717, 1.165) is 39.6 Å². The second kappa shape index (κ2) is 10.1. The summed E-state index contributed by atoms with van der Waals surface area (Å²) in [5.74, 6) is 0.362. The Morgan fingerprint density at radius 3 is 2.30 bits per heavy atom. The zero-order valence-electron chi connectivity index (χ0n) is 23.1. The van der Waals surface area contributed by atoms with Gasteiger partial charge in [-0.1, -0.05) is 54.2 Å². The summed E-state index contributed by atoms with van der Waals surface area (Å²) >= 11 is 1.62. The van der Waals surface area contributed by atoms with Crippen LogP contribution < -0.4 is 14.8 Å². The first kappa shape index (κ1) is 26.1. The molecule has 3 aromatic rings. The fourth-order valence-corrected chi connectivity index (χ4v) is 7.09. The van der Waals surface area contributed by atoms with Crippen molar-refractivity contribution < 1.29 is 9.59 Å². The van der Waals surface area contributed by atoms with Crippen LogP contribution in [0.3, 0.4) is 0 Å². The molecule has 6 rings (SSSR count). The summed E-state index contributed by atoms with van der Waals surface area (Å²) in [6.45, 7) is 3.57. The fraction of sp³-hybridized carbons (Fsp3) is 0.290. The highest BCUT2D eigenvalue weighted by Gasteiger charge is 2.55. The van der Waals surface area contributed by atoms with Gasteiger partial charge in [-0.25, -0.2) is 10.0 Å². The Hall–Kier alpha value is -4.11. The van der Waals surface area contributed by atoms with E-state index in [2.05, 4.69) is 29.2 Å². The number of amides is 2. The van der Waals surface area contributed by atoms with E-state index < -0.39 is 4.99 Å². The molecule has 1 fully saturated rings. The van der Waals surface area contributed by atoms with Crippen LogP contribution in [0.15, 0.2) is 89.1 Å². The van der Waals surface area contributed by atoms with Crippen LogP contribution in [0.25, 0.3) is 0 Å². The van der Waals surface area contributed by atoms with E-state index in [0.29, 0.717) is 18.6 Å². The lowest BCUT2D eigenvalue weighted by Crippen LogP contribution is -2.53. The van der Waals surface area contributed by atoms with Gasteiger partial charge in [-0.15, -0.1) is 0 Å². The van der Waals surface area contributed by atoms with Crippen molar-refractivity contribution in [3.63, 3.8) is 0 Å². The molecule has 0 saturated carbocycles. The molecule has 2 unspecified atom stereocenters. The molecule has 9 heteroatoms. The number of hydrazone groups is 2. The molecular formula is C31H32N6O2S. The number of carbonyl (C=O) groups excluding carboxylic acids is 2. The van der Waals surface area contributed by atoms with Gasteiger partial charge in [-0.3, -0.25) is 14.5 Å². The number of benzene rings is 3. The van der Waals surface area contributed by atoms with Crippen LogP contribution in [-0.4, -0.2) is 53.1 Å². The third-order valence-electron chi connectivity index (χ3n) is 7.60. The summed E-state index contributed by atoms with van der Waals surface area (Å²) in [5, 5.41) is 13.1. The van der Waals surface area contributed by atoms with Gasteiger partial charge in [0.25, 0.3) is 0 Å². The Bertz CT molecular complexity index is 1500. The smallest absolute Gasteiger partial charge is 0.240 e. The van der Waals surface area contributed by atoms with E-state index in [9.17, 15) is 9.59 Å². The lowest BCUT2D eigenvalue weighted by atomic mass is 9.98. The summed E-state index contributed by atoms with van der Waals surface area (Å²) < 4.78 is 0. The molecular weight excluding hydrogens is 520 g/mol.